The minimum atomic E-state index is -0.244. The Bertz CT molecular complexity index is 810. The lowest BCUT2D eigenvalue weighted by Crippen LogP contribution is -2.42. The van der Waals surface area contributed by atoms with E-state index in [1.807, 2.05) is 25.1 Å². The summed E-state index contributed by atoms with van der Waals surface area (Å²) in [7, 11) is 0. The highest BCUT2D eigenvalue weighted by molar-refractivity contribution is 5.67. The predicted molar refractivity (Wildman–Crippen MR) is 102 cm³/mol. The second-order valence-electron chi connectivity index (χ2n) is 6.18. The number of aromatic nitrogens is 2. The smallest absolute Gasteiger partial charge is 0.409 e. The van der Waals surface area contributed by atoms with E-state index in [1.165, 1.54) is 0 Å². The molecule has 0 atom stereocenters. The minimum Gasteiger partial charge on any atom is -0.450 e. The van der Waals surface area contributed by atoms with Gasteiger partial charge in [-0.25, -0.2) is 9.78 Å². The maximum absolute atomic E-state index is 11.8. The van der Waals surface area contributed by atoms with Gasteiger partial charge in [-0.1, -0.05) is 0 Å². The summed E-state index contributed by atoms with van der Waals surface area (Å²) in [4.78, 5) is 22.2. The van der Waals surface area contributed by atoms with Gasteiger partial charge in [-0.15, -0.1) is 0 Å². The normalized spacial score (nSPS) is 14.3. The zero-order valence-corrected chi connectivity index (χ0v) is 15.2. The molecule has 0 bridgehead atoms. The minimum absolute atomic E-state index is 0.244. The molecule has 27 heavy (non-hydrogen) atoms. The number of nitriles is 1. The average molecular weight is 366 g/mol. The highest BCUT2D eigenvalue weighted by Gasteiger charge is 2.23. The quantitative estimate of drug-likeness (QED) is 0.838. The third-order valence-electron chi connectivity index (χ3n) is 4.30. The molecule has 0 saturated carbocycles. The van der Waals surface area contributed by atoms with E-state index in [0.717, 1.165) is 24.3 Å². The van der Waals surface area contributed by atoms with Crippen LogP contribution in [0.2, 0.25) is 0 Å². The zero-order valence-electron chi connectivity index (χ0n) is 15.2. The SMILES string of the molecule is CCOC(=O)N1CCC(Nc2ccnc(Nc3ccc(C#N)cc3)n2)CC1. The Balaban J connectivity index is 1.55. The van der Waals surface area contributed by atoms with Gasteiger partial charge in [-0.3, -0.25) is 0 Å². The summed E-state index contributed by atoms with van der Waals surface area (Å²) in [5.41, 5.74) is 1.42. The first-order chi connectivity index (χ1) is 13.2. The molecule has 2 aromatic rings. The molecule has 0 unspecified atom stereocenters. The number of piperidine rings is 1. The number of nitrogens with one attached hydrogen (secondary N) is 2. The van der Waals surface area contributed by atoms with Gasteiger partial charge in [0.1, 0.15) is 5.82 Å². The first-order valence-electron chi connectivity index (χ1n) is 8.96. The van der Waals surface area contributed by atoms with Crippen molar-refractivity contribution in [2.75, 3.05) is 30.3 Å². The summed E-state index contributed by atoms with van der Waals surface area (Å²) in [6.07, 6.45) is 3.11. The average Bonchev–Trinajstić information content (AvgIpc) is 2.70. The maximum Gasteiger partial charge on any atom is 0.409 e. The van der Waals surface area contributed by atoms with Crippen LogP contribution in [0.25, 0.3) is 0 Å². The molecule has 1 aromatic heterocycles. The topological polar surface area (TPSA) is 103 Å². The van der Waals surface area contributed by atoms with E-state index in [2.05, 4.69) is 26.7 Å². The Morgan fingerprint density at radius 3 is 2.70 bits per heavy atom. The number of amides is 1. The summed E-state index contributed by atoms with van der Waals surface area (Å²) in [6.45, 7) is 3.54. The number of anilines is 3. The molecule has 0 spiro atoms. The van der Waals surface area contributed by atoms with Crippen LogP contribution in [0.3, 0.4) is 0 Å². The number of rotatable bonds is 5. The molecule has 8 heteroatoms. The van der Waals surface area contributed by atoms with Gasteiger partial charge in [-0.05, 0) is 50.1 Å². The number of likely N-dealkylation sites (tertiary alicyclic amines) is 1. The fourth-order valence-corrected chi connectivity index (χ4v) is 2.89. The highest BCUT2D eigenvalue weighted by Crippen LogP contribution is 2.18. The third kappa shape index (κ3) is 5.07. The number of nitrogens with zero attached hydrogens (tertiary/aromatic N) is 4. The molecule has 3 rings (SSSR count). The molecule has 0 aliphatic carbocycles. The number of hydrogen-bond acceptors (Lipinski definition) is 7. The number of carbonyl (C=O) groups excluding carboxylic acids is 1. The van der Waals surface area contributed by atoms with Gasteiger partial charge in [0.15, 0.2) is 0 Å². The van der Waals surface area contributed by atoms with Crippen LogP contribution in [-0.2, 0) is 4.74 Å². The molecule has 2 N–H and O–H groups in total. The van der Waals surface area contributed by atoms with E-state index in [-0.39, 0.29) is 12.1 Å². The van der Waals surface area contributed by atoms with Crippen LogP contribution >= 0.6 is 0 Å². The van der Waals surface area contributed by atoms with E-state index >= 15 is 0 Å². The Hall–Kier alpha value is -3.34. The van der Waals surface area contributed by atoms with Crippen LogP contribution in [-0.4, -0.2) is 46.7 Å². The van der Waals surface area contributed by atoms with Crippen LogP contribution in [0.1, 0.15) is 25.3 Å². The third-order valence-corrected chi connectivity index (χ3v) is 4.30. The van der Waals surface area contributed by atoms with Gasteiger partial charge < -0.3 is 20.3 Å². The molecular weight excluding hydrogens is 344 g/mol. The van der Waals surface area contributed by atoms with Crippen molar-refractivity contribution in [1.29, 1.82) is 5.26 Å². The summed E-state index contributed by atoms with van der Waals surface area (Å²) < 4.78 is 5.04. The van der Waals surface area contributed by atoms with Crippen molar-refractivity contribution < 1.29 is 9.53 Å². The highest BCUT2D eigenvalue weighted by atomic mass is 16.6. The summed E-state index contributed by atoms with van der Waals surface area (Å²) in [5.74, 6) is 1.21. The molecule has 1 aliphatic heterocycles. The van der Waals surface area contributed by atoms with Gasteiger partial charge in [0.25, 0.3) is 0 Å². The molecule has 1 aromatic carbocycles. The molecule has 1 amide bonds. The van der Waals surface area contributed by atoms with Gasteiger partial charge in [0, 0.05) is 31.0 Å². The molecule has 140 valence electrons. The first kappa shape index (κ1) is 18.5. The molecule has 2 heterocycles. The fourth-order valence-electron chi connectivity index (χ4n) is 2.89. The number of hydrogen-bond donors (Lipinski definition) is 2. The van der Waals surface area contributed by atoms with Crippen molar-refractivity contribution in [3.8, 4) is 6.07 Å². The Labute approximate surface area is 158 Å². The molecule has 0 radical (unpaired) electrons. The Kier molecular flexibility index (Phi) is 6.05. The molecule has 8 nitrogen and oxygen atoms in total. The monoisotopic (exact) mass is 366 g/mol. The van der Waals surface area contributed by atoms with E-state index in [1.54, 1.807) is 23.2 Å². The lowest BCUT2D eigenvalue weighted by molar-refractivity contribution is 0.0983. The molecular formula is C19H22N6O2. The van der Waals surface area contributed by atoms with E-state index in [0.29, 0.717) is 31.2 Å². The molecule has 1 fully saturated rings. The van der Waals surface area contributed by atoms with Crippen LogP contribution in [0.15, 0.2) is 36.5 Å². The van der Waals surface area contributed by atoms with Crippen LogP contribution < -0.4 is 10.6 Å². The summed E-state index contributed by atoms with van der Waals surface area (Å²) >= 11 is 0. The van der Waals surface area contributed by atoms with Crippen LogP contribution in [0, 0.1) is 11.3 Å². The number of ether oxygens (including phenoxy) is 1. The van der Waals surface area contributed by atoms with E-state index in [4.69, 9.17) is 10.00 Å². The molecule has 1 saturated heterocycles. The zero-order chi connectivity index (χ0) is 19.1. The standard InChI is InChI=1S/C19H22N6O2/c1-2-27-19(26)25-11-8-16(9-12-25)22-17-7-10-21-18(24-17)23-15-5-3-14(13-20)4-6-15/h3-7,10,16H,2,8-9,11-12H2,1H3,(H2,21,22,23,24). The van der Waals surface area contributed by atoms with Crippen molar-refractivity contribution in [2.24, 2.45) is 0 Å². The largest absolute Gasteiger partial charge is 0.450 e. The second kappa shape index (κ2) is 8.85. The van der Waals surface area contributed by atoms with Gasteiger partial charge in [0.05, 0.1) is 18.2 Å². The number of carbonyl (C=O) groups is 1. The van der Waals surface area contributed by atoms with Gasteiger partial charge >= 0.3 is 6.09 Å². The van der Waals surface area contributed by atoms with Gasteiger partial charge in [-0.2, -0.15) is 10.2 Å². The Morgan fingerprint density at radius 2 is 2.04 bits per heavy atom. The van der Waals surface area contributed by atoms with Crippen LogP contribution in [0.4, 0.5) is 22.2 Å². The second-order valence-corrected chi connectivity index (χ2v) is 6.18. The first-order valence-corrected chi connectivity index (χ1v) is 8.96. The van der Waals surface area contributed by atoms with Gasteiger partial charge in [0.2, 0.25) is 5.95 Å². The van der Waals surface area contributed by atoms with Crippen molar-refractivity contribution in [1.82, 2.24) is 14.9 Å². The maximum atomic E-state index is 11.8. The fraction of sp³-hybridized carbons (Fsp3) is 0.368. The van der Waals surface area contributed by atoms with E-state index < -0.39 is 0 Å². The molecule has 1 aliphatic rings. The van der Waals surface area contributed by atoms with Crippen molar-refractivity contribution in [3.05, 3.63) is 42.1 Å². The Morgan fingerprint density at radius 1 is 1.30 bits per heavy atom. The summed E-state index contributed by atoms with van der Waals surface area (Å²) in [5, 5.41) is 15.4. The van der Waals surface area contributed by atoms with Crippen molar-refractivity contribution in [3.63, 3.8) is 0 Å². The number of benzene rings is 1. The lowest BCUT2D eigenvalue weighted by Gasteiger charge is -2.31. The van der Waals surface area contributed by atoms with Crippen molar-refractivity contribution in [2.45, 2.75) is 25.8 Å². The van der Waals surface area contributed by atoms with E-state index in [9.17, 15) is 4.79 Å². The van der Waals surface area contributed by atoms with Crippen LogP contribution in [0.5, 0.6) is 0 Å². The lowest BCUT2D eigenvalue weighted by atomic mass is 10.1. The summed E-state index contributed by atoms with van der Waals surface area (Å²) in [6, 6.07) is 11.3. The predicted octanol–water partition coefficient (Wildman–Crippen LogP) is 3.12. The van der Waals surface area contributed by atoms with Crippen molar-refractivity contribution >= 4 is 23.5 Å².